The summed E-state index contributed by atoms with van der Waals surface area (Å²) in [6, 6.07) is 0. The Morgan fingerprint density at radius 2 is 0.357 bits per heavy atom. The third-order valence-corrected chi connectivity index (χ3v) is 13.8. The van der Waals surface area contributed by atoms with Crippen molar-refractivity contribution < 1.29 is 53.5 Å². The van der Waals surface area contributed by atoms with Crippen LogP contribution in [0.4, 0.5) is 0 Å². The first-order chi connectivity index (χ1) is 19.8. The van der Waals surface area contributed by atoms with E-state index in [1.54, 1.807) is 0 Å². The molecule has 0 radical (unpaired) electrons. The molecule has 0 amide bonds. The summed E-state index contributed by atoms with van der Waals surface area (Å²) in [5.74, 6) is 5.97. The Morgan fingerprint density at radius 1 is 0.238 bits per heavy atom. The van der Waals surface area contributed by atoms with Crippen molar-refractivity contribution >= 4 is 0 Å². The van der Waals surface area contributed by atoms with Crippen LogP contribution in [0, 0.1) is 47.3 Å². The Bertz CT molecular complexity index is 723. The Labute approximate surface area is 293 Å². The molecule has 4 aliphatic carbocycles. The zero-order valence-electron chi connectivity index (χ0n) is 25.9. The van der Waals surface area contributed by atoms with Gasteiger partial charge in [-0.25, -0.2) is 0 Å². The molecule has 8 nitrogen and oxygen atoms in total. The summed E-state index contributed by atoms with van der Waals surface area (Å²) in [7, 11) is 0. The fourth-order valence-corrected chi connectivity index (χ4v) is 12.0. The van der Waals surface area contributed by atoms with Crippen molar-refractivity contribution in [3.63, 3.8) is 0 Å². The first kappa shape index (κ1) is 32.0. The van der Waals surface area contributed by atoms with Gasteiger partial charge in [-0.05, 0) is 98.7 Å². The van der Waals surface area contributed by atoms with Gasteiger partial charge in [0.1, 0.15) is 0 Å². The zero-order valence-corrected chi connectivity index (χ0v) is 30.1. The van der Waals surface area contributed by atoms with E-state index in [1.165, 1.54) is 103 Å². The molecule has 8 bridgehead atoms. The van der Waals surface area contributed by atoms with Crippen LogP contribution in [0.3, 0.4) is 0 Å². The summed E-state index contributed by atoms with van der Waals surface area (Å²) in [4.78, 5) is 0. The van der Waals surface area contributed by atoms with Gasteiger partial charge in [0, 0.05) is 0 Å². The van der Waals surface area contributed by atoms with Gasteiger partial charge in [-0.15, -0.1) is 0 Å². The van der Waals surface area contributed by atoms with Gasteiger partial charge in [0.2, 0.25) is 0 Å². The van der Waals surface area contributed by atoms with Crippen molar-refractivity contribution in [2.45, 2.75) is 152 Å². The Morgan fingerprint density at radius 3 is 0.476 bits per heavy atom. The van der Waals surface area contributed by atoms with Gasteiger partial charge in [0.25, 0.3) is 0 Å². The molecule has 5 saturated heterocycles. The van der Waals surface area contributed by atoms with E-state index in [1.807, 2.05) is 0 Å². The molecule has 0 spiro atoms. The predicted octanol–water partition coefficient (Wildman–Crippen LogP) is -3.39. The van der Waals surface area contributed by atoms with Gasteiger partial charge in [-0.2, -0.15) is 0 Å². The van der Waals surface area contributed by atoms with E-state index in [-0.39, 0.29) is 53.5 Å². The average molecular weight is 703 g/mol. The van der Waals surface area contributed by atoms with Crippen molar-refractivity contribution in [3.8, 4) is 0 Å². The Balaban J connectivity index is 0.00000144. The van der Waals surface area contributed by atoms with Crippen LogP contribution in [0.25, 0.3) is 0 Å². The van der Waals surface area contributed by atoms with Gasteiger partial charge in [0.05, 0.1) is 49.3 Å². The fourth-order valence-electron chi connectivity index (χ4n) is 12.0. The molecule has 0 aromatic rings. The van der Waals surface area contributed by atoms with E-state index >= 15 is 0 Å². The molecular formula is C32H56IN8Na. The van der Waals surface area contributed by atoms with Gasteiger partial charge >= 0.3 is 29.6 Å². The SMILES string of the molecule is C1CCC2C3NC(NC4NC(NC5NC(NC6NC(N3)C3CCCCC63)C3CCCCC53)C3CCCCC43)C2C1.[I-].[Na+]. The topological polar surface area (TPSA) is 96.2 Å². The Hall–Kier alpha value is 1.41. The van der Waals surface area contributed by atoms with Crippen LogP contribution < -0.4 is 96.1 Å². The van der Waals surface area contributed by atoms with E-state index < -0.39 is 0 Å². The number of nitrogens with one attached hydrogen (secondary N) is 8. The summed E-state index contributed by atoms with van der Waals surface area (Å²) in [5.41, 5.74) is 0. The second-order valence-corrected chi connectivity index (χ2v) is 15.6. The van der Waals surface area contributed by atoms with Crippen LogP contribution in [0.15, 0.2) is 0 Å². The van der Waals surface area contributed by atoms with Crippen LogP contribution >= 0.6 is 0 Å². The minimum absolute atomic E-state index is 0. The molecule has 9 rings (SSSR count). The molecular weight excluding hydrogens is 646 g/mol. The molecule has 8 unspecified atom stereocenters. The molecule has 9 fully saturated rings. The third kappa shape index (κ3) is 5.65. The predicted molar refractivity (Wildman–Crippen MR) is 157 cm³/mol. The molecule has 0 aromatic heterocycles. The molecule has 10 heteroatoms. The number of fused-ring (bicyclic) bond motifs is 20. The first-order valence-corrected chi connectivity index (χ1v) is 17.9. The largest absolute Gasteiger partial charge is 1.00 e. The maximum atomic E-state index is 4.26. The average Bonchev–Trinajstić information content (AvgIpc) is 3.73. The van der Waals surface area contributed by atoms with Crippen molar-refractivity contribution in [3.05, 3.63) is 0 Å². The van der Waals surface area contributed by atoms with E-state index in [0.29, 0.717) is 49.3 Å². The molecule has 5 aliphatic heterocycles. The van der Waals surface area contributed by atoms with E-state index in [2.05, 4.69) is 42.5 Å². The molecule has 5 heterocycles. The Kier molecular flexibility index (Phi) is 10.3. The minimum Gasteiger partial charge on any atom is -1.00 e. The summed E-state index contributed by atoms with van der Waals surface area (Å²) in [6.07, 6.45) is 25.6. The summed E-state index contributed by atoms with van der Waals surface area (Å²) < 4.78 is 0. The maximum absolute atomic E-state index is 4.26. The number of halogens is 1. The molecule has 232 valence electrons. The quantitative estimate of drug-likeness (QED) is 0.0981. The van der Waals surface area contributed by atoms with Crippen molar-refractivity contribution in [2.24, 2.45) is 47.3 Å². The van der Waals surface area contributed by atoms with Crippen molar-refractivity contribution in [1.82, 2.24) is 42.5 Å². The van der Waals surface area contributed by atoms with Crippen molar-refractivity contribution in [1.29, 1.82) is 0 Å². The maximum Gasteiger partial charge on any atom is 1.00 e. The van der Waals surface area contributed by atoms with Crippen LogP contribution in [0.1, 0.15) is 103 Å². The third-order valence-electron chi connectivity index (χ3n) is 13.8. The second kappa shape index (κ2) is 13.5. The van der Waals surface area contributed by atoms with Gasteiger partial charge in [-0.3, -0.25) is 42.5 Å². The van der Waals surface area contributed by atoms with Crippen LogP contribution in [0.5, 0.6) is 0 Å². The summed E-state index contributed by atoms with van der Waals surface area (Å²) >= 11 is 0. The zero-order chi connectivity index (χ0) is 26.2. The normalized spacial score (nSPS) is 54.9. The number of hydrogen-bond donors (Lipinski definition) is 8. The molecule has 42 heavy (non-hydrogen) atoms. The van der Waals surface area contributed by atoms with Gasteiger partial charge in [-0.1, -0.05) is 51.4 Å². The summed E-state index contributed by atoms with van der Waals surface area (Å²) in [6.45, 7) is 0. The number of rotatable bonds is 0. The number of hydrogen-bond acceptors (Lipinski definition) is 8. The fraction of sp³-hybridized carbons (Fsp3) is 1.00. The first-order valence-electron chi connectivity index (χ1n) is 17.9. The van der Waals surface area contributed by atoms with Crippen LogP contribution in [0.2, 0.25) is 0 Å². The minimum atomic E-state index is 0. The standard InChI is InChI=1S/C32H56N8.HI.Na/c1-2-10-18-17(9-1)25-33-26(18)38-28-21-13-5-6-14-22(21)30(35-28)40-32-24-16-8-7-15-23(24)31(36-32)39-29-20-12-4-3-11-19(20)27(34-29)37-25;;/h17-40H,1-16H2;1H;/q;;+1/p-1. The van der Waals surface area contributed by atoms with Gasteiger partial charge in [0.15, 0.2) is 0 Å². The molecule has 8 atom stereocenters. The molecule has 4 saturated carbocycles. The van der Waals surface area contributed by atoms with E-state index in [0.717, 1.165) is 47.3 Å². The molecule has 9 aliphatic rings. The van der Waals surface area contributed by atoms with Crippen LogP contribution in [-0.2, 0) is 0 Å². The van der Waals surface area contributed by atoms with Gasteiger partial charge < -0.3 is 24.0 Å². The van der Waals surface area contributed by atoms with E-state index in [4.69, 9.17) is 0 Å². The van der Waals surface area contributed by atoms with E-state index in [9.17, 15) is 0 Å². The monoisotopic (exact) mass is 702 g/mol. The smallest absolute Gasteiger partial charge is 1.00 e. The molecule has 8 N–H and O–H groups in total. The molecule has 0 aromatic carbocycles. The van der Waals surface area contributed by atoms with Crippen LogP contribution in [-0.4, -0.2) is 49.3 Å². The summed E-state index contributed by atoms with van der Waals surface area (Å²) in [5, 5.41) is 33.8. The second-order valence-electron chi connectivity index (χ2n) is 15.6. The van der Waals surface area contributed by atoms with Crippen molar-refractivity contribution in [2.75, 3.05) is 0 Å².